The standard InChI is InChI=1S/C21H24ClN3O4/c1-21(2,3)29-20(28)24-13-18(26)25-17-9-4-6-14(10-17)12-23-19(27)15-7-5-8-16(22)11-15/h4-11H,12-13H2,1-3H3,(H,23,27)(H,24,28)(H,25,26). The van der Waals surface area contributed by atoms with Crippen LogP contribution in [0.3, 0.4) is 0 Å². The zero-order valence-electron chi connectivity index (χ0n) is 16.5. The molecule has 0 aromatic heterocycles. The van der Waals surface area contributed by atoms with E-state index in [4.69, 9.17) is 16.3 Å². The number of amides is 3. The van der Waals surface area contributed by atoms with Crippen molar-refractivity contribution < 1.29 is 19.1 Å². The van der Waals surface area contributed by atoms with E-state index in [1.54, 1.807) is 63.2 Å². The second-order valence-corrected chi connectivity index (χ2v) is 7.73. The van der Waals surface area contributed by atoms with Crippen molar-refractivity contribution >= 4 is 35.2 Å². The Labute approximate surface area is 174 Å². The van der Waals surface area contributed by atoms with Crippen LogP contribution in [-0.2, 0) is 16.1 Å². The Morgan fingerprint density at radius 1 is 1.00 bits per heavy atom. The van der Waals surface area contributed by atoms with Crippen molar-refractivity contribution in [2.75, 3.05) is 11.9 Å². The van der Waals surface area contributed by atoms with Crippen molar-refractivity contribution in [3.63, 3.8) is 0 Å². The van der Waals surface area contributed by atoms with E-state index in [9.17, 15) is 14.4 Å². The first kappa shape index (κ1) is 22.2. The Kier molecular flexibility index (Phi) is 7.61. The Morgan fingerprint density at radius 2 is 1.72 bits per heavy atom. The van der Waals surface area contributed by atoms with Crippen LogP contribution in [0.25, 0.3) is 0 Å². The zero-order valence-corrected chi connectivity index (χ0v) is 17.3. The number of nitrogens with one attached hydrogen (secondary N) is 3. The summed E-state index contributed by atoms with van der Waals surface area (Å²) in [5.74, 6) is -0.639. The number of anilines is 1. The SMILES string of the molecule is CC(C)(C)OC(=O)NCC(=O)Nc1cccc(CNC(=O)c2cccc(Cl)c2)c1. The molecule has 3 N–H and O–H groups in total. The van der Waals surface area contributed by atoms with E-state index in [0.29, 0.717) is 16.3 Å². The quantitative estimate of drug-likeness (QED) is 0.667. The summed E-state index contributed by atoms with van der Waals surface area (Å²) in [4.78, 5) is 35.8. The van der Waals surface area contributed by atoms with Gasteiger partial charge < -0.3 is 20.7 Å². The van der Waals surface area contributed by atoms with Gasteiger partial charge in [0, 0.05) is 22.8 Å². The Hall–Kier alpha value is -3.06. The number of carbonyl (C=O) groups excluding carboxylic acids is 3. The molecule has 0 aliphatic rings. The molecule has 8 heteroatoms. The average Bonchev–Trinajstić information content (AvgIpc) is 2.63. The Morgan fingerprint density at radius 3 is 2.41 bits per heavy atom. The van der Waals surface area contributed by atoms with Crippen molar-refractivity contribution in [1.82, 2.24) is 10.6 Å². The summed E-state index contributed by atoms with van der Waals surface area (Å²) in [6.45, 7) is 5.28. The fourth-order valence-corrected chi connectivity index (χ4v) is 2.54. The molecule has 2 aromatic carbocycles. The average molecular weight is 418 g/mol. The summed E-state index contributed by atoms with van der Waals surface area (Å²) in [5.41, 5.74) is 1.19. The number of hydrogen-bond acceptors (Lipinski definition) is 4. The molecule has 0 atom stereocenters. The first-order chi connectivity index (χ1) is 13.6. The summed E-state index contributed by atoms with van der Waals surface area (Å²) in [5, 5.41) is 8.37. The smallest absolute Gasteiger partial charge is 0.408 e. The van der Waals surface area contributed by atoms with Gasteiger partial charge in [0.25, 0.3) is 5.91 Å². The highest BCUT2D eigenvalue weighted by atomic mass is 35.5. The highest BCUT2D eigenvalue weighted by Gasteiger charge is 2.16. The van der Waals surface area contributed by atoms with Gasteiger partial charge in [0.1, 0.15) is 12.1 Å². The van der Waals surface area contributed by atoms with Gasteiger partial charge in [-0.25, -0.2) is 4.79 Å². The molecule has 2 rings (SSSR count). The van der Waals surface area contributed by atoms with Crippen molar-refractivity contribution in [2.24, 2.45) is 0 Å². The maximum atomic E-state index is 12.2. The van der Waals surface area contributed by atoms with E-state index in [1.165, 1.54) is 0 Å². The third-order valence-electron chi connectivity index (χ3n) is 3.54. The van der Waals surface area contributed by atoms with Gasteiger partial charge in [0.2, 0.25) is 5.91 Å². The minimum Gasteiger partial charge on any atom is -0.444 e. The minimum atomic E-state index is -0.662. The molecular weight excluding hydrogens is 394 g/mol. The summed E-state index contributed by atoms with van der Waals surface area (Å²) in [7, 11) is 0. The van der Waals surface area contributed by atoms with Gasteiger partial charge >= 0.3 is 6.09 Å². The third-order valence-corrected chi connectivity index (χ3v) is 3.78. The fraction of sp³-hybridized carbons (Fsp3) is 0.286. The van der Waals surface area contributed by atoms with E-state index < -0.39 is 17.6 Å². The lowest BCUT2D eigenvalue weighted by Crippen LogP contribution is -2.37. The van der Waals surface area contributed by atoms with Gasteiger partial charge in [-0.3, -0.25) is 9.59 Å². The zero-order chi connectivity index (χ0) is 21.4. The highest BCUT2D eigenvalue weighted by Crippen LogP contribution is 2.13. The summed E-state index contributed by atoms with van der Waals surface area (Å²) in [6.07, 6.45) is -0.662. The number of rotatable bonds is 6. The maximum Gasteiger partial charge on any atom is 0.408 e. The molecule has 2 aromatic rings. The second kappa shape index (κ2) is 9.93. The topological polar surface area (TPSA) is 96.5 Å². The molecule has 0 radical (unpaired) electrons. The monoisotopic (exact) mass is 417 g/mol. The summed E-state index contributed by atoms with van der Waals surface area (Å²) >= 11 is 5.90. The first-order valence-corrected chi connectivity index (χ1v) is 9.39. The molecule has 0 aliphatic heterocycles. The van der Waals surface area contributed by atoms with E-state index in [2.05, 4.69) is 16.0 Å². The maximum absolute atomic E-state index is 12.2. The molecule has 0 fully saturated rings. The van der Waals surface area contributed by atoms with Crippen LogP contribution >= 0.6 is 11.6 Å². The largest absolute Gasteiger partial charge is 0.444 e. The molecule has 0 aliphatic carbocycles. The molecule has 0 unspecified atom stereocenters. The van der Waals surface area contributed by atoms with Crippen LogP contribution in [0.15, 0.2) is 48.5 Å². The highest BCUT2D eigenvalue weighted by molar-refractivity contribution is 6.30. The van der Waals surface area contributed by atoms with Crippen LogP contribution in [0.5, 0.6) is 0 Å². The van der Waals surface area contributed by atoms with Crippen LogP contribution < -0.4 is 16.0 Å². The van der Waals surface area contributed by atoms with Crippen molar-refractivity contribution in [1.29, 1.82) is 0 Å². The third kappa shape index (κ3) is 8.23. The van der Waals surface area contributed by atoms with Gasteiger partial charge in [-0.2, -0.15) is 0 Å². The lowest BCUT2D eigenvalue weighted by Gasteiger charge is -2.19. The second-order valence-electron chi connectivity index (χ2n) is 7.30. The molecule has 0 saturated carbocycles. The Balaban J connectivity index is 1.85. The number of benzene rings is 2. The molecule has 0 bridgehead atoms. The predicted molar refractivity (Wildman–Crippen MR) is 112 cm³/mol. The number of carbonyl (C=O) groups is 3. The van der Waals surface area contributed by atoms with Crippen molar-refractivity contribution in [3.05, 3.63) is 64.7 Å². The number of hydrogen-bond donors (Lipinski definition) is 3. The van der Waals surface area contributed by atoms with Crippen molar-refractivity contribution in [3.8, 4) is 0 Å². The molecule has 154 valence electrons. The molecule has 7 nitrogen and oxygen atoms in total. The van der Waals surface area contributed by atoms with Crippen LogP contribution in [0.4, 0.5) is 10.5 Å². The van der Waals surface area contributed by atoms with Crippen molar-refractivity contribution in [2.45, 2.75) is 32.9 Å². The lowest BCUT2D eigenvalue weighted by molar-refractivity contribution is -0.115. The van der Waals surface area contributed by atoms with E-state index >= 15 is 0 Å². The van der Waals surface area contributed by atoms with E-state index in [0.717, 1.165) is 5.56 Å². The van der Waals surface area contributed by atoms with Crippen LogP contribution in [0.1, 0.15) is 36.7 Å². The predicted octanol–water partition coefficient (Wildman–Crippen LogP) is 3.73. The van der Waals surface area contributed by atoms with Gasteiger partial charge in [-0.05, 0) is 56.7 Å². The summed E-state index contributed by atoms with van der Waals surface area (Å²) < 4.78 is 5.08. The summed E-state index contributed by atoms with van der Waals surface area (Å²) in [6, 6.07) is 13.7. The van der Waals surface area contributed by atoms with Gasteiger partial charge in [0.05, 0.1) is 0 Å². The normalized spacial score (nSPS) is 10.8. The fourth-order valence-electron chi connectivity index (χ4n) is 2.34. The molecule has 3 amide bonds. The lowest BCUT2D eigenvalue weighted by atomic mass is 10.1. The first-order valence-electron chi connectivity index (χ1n) is 9.02. The number of alkyl carbamates (subject to hydrolysis) is 1. The number of halogens is 1. The van der Waals surface area contributed by atoms with Crippen LogP contribution in [0, 0.1) is 0 Å². The Bertz CT molecular complexity index is 893. The molecule has 0 heterocycles. The van der Waals surface area contributed by atoms with Gasteiger partial charge in [-0.15, -0.1) is 0 Å². The van der Waals surface area contributed by atoms with Gasteiger partial charge in [-0.1, -0.05) is 29.8 Å². The van der Waals surface area contributed by atoms with E-state index in [-0.39, 0.29) is 19.0 Å². The molecule has 29 heavy (non-hydrogen) atoms. The molecule has 0 spiro atoms. The van der Waals surface area contributed by atoms with Crippen LogP contribution in [-0.4, -0.2) is 30.1 Å². The minimum absolute atomic E-state index is 0.218. The van der Waals surface area contributed by atoms with Gasteiger partial charge in [0.15, 0.2) is 0 Å². The number of ether oxygens (including phenoxy) is 1. The molecular formula is C21H24ClN3O4. The molecule has 0 saturated heterocycles. The van der Waals surface area contributed by atoms with Crippen LogP contribution in [0.2, 0.25) is 5.02 Å². The van der Waals surface area contributed by atoms with E-state index in [1.807, 2.05) is 6.07 Å².